The molecule has 4 atom stereocenters. The van der Waals surface area contributed by atoms with E-state index in [4.69, 9.17) is 0 Å². The van der Waals surface area contributed by atoms with E-state index in [0.29, 0.717) is 24.4 Å². The Morgan fingerprint density at radius 1 is 1.19 bits per heavy atom. The van der Waals surface area contributed by atoms with E-state index in [2.05, 4.69) is 31.2 Å². The number of hydrogen-bond acceptors (Lipinski definition) is 8. The van der Waals surface area contributed by atoms with Crippen LogP contribution in [0.4, 0.5) is 0 Å². The number of carbonyl (C=O) groups excluding carboxylic acids is 3. The van der Waals surface area contributed by atoms with Gasteiger partial charge in [0, 0.05) is 18.3 Å². The Hall–Kier alpha value is -2.64. The molecule has 0 aliphatic carbocycles. The Labute approximate surface area is 189 Å². The van der Waals surface area contributed by atoms with Crippen molar-refractivity contribution in [1.82, 2.24) is 31.2 Å². The number of imidazole rings is 1. The van der Waals surface area contributed by atoms with Gasteiger partial charge in [0.1, 0.15) is 18.1 Å². The van der Waals surface area contributed by atoms with Crippen LogP contribution in [0.5, 0.6) is 0 Å². The molecule has 1 saturated heterocycles. The lowest BCUT2D eigenvalue weighted by atomic mass is 10.1. The molecule has 1 fully saturated rings. The van der Waals surface area contributed by atoms with Gasteiger partial charge in [0.15, 0.2) is 0 Å². The Balaban J connectivity index is 2.07. The second-order valence-corrected chi connectivity index (χ2v) is 8.40. The first-order valence-corrected chi connectivity index (χ1v) is 11.7. The number of nitrogens with one attached hydrogen (secondary N) is 5. The van der Waals surface area contributed by atoms with Crippen molar-refractivity contribution >= 4 is 35.5 Å². The minimum Gasteiger partial charge on any atom is -0.480 e. The van der Waals surface area contributed by atoms with E-state index < -0.39 is 54.5 Å². The number of aromatic nitrogens is 2. The van der Waals surface area contributed by atoms with Crippen LogP contribution in [0.3, 0.4) is 0 Å². The van der Waals surface area contributed by atoms with Gasteiger partial charge in [-0.2, -0.15) is 11.8 Å². The van der Waals surface area contributed by atoms with Crippen molar-refractivity contribution in [2.45, 2.75) is 49.9 Å². The standard InChI is InChI=1S/C19H30N6O6S/c1-32-6-4-13(19(30)31)23-17(28)14(7-11-8-20-10-22-11)24-18(29)15(9-26)25-16(27)12-3-2-5-21-12/h8,10,12-15,21,26H,2-7,9H2,1H3,(H,20,22)(H,23,28)(H,24,29)(H,25,27)(H,30,31). The van der Waals surface area contributed by atoms with Crippen LogP contribution in [0.15, 0.2) is 12.5 Å². The fraction of sp³-hybridized carbons (Fsp3) is 0.632. The van der Waals surface area contributed by atoms with Crippen LogP contribution < -0.4 is 21.3 Å². The first-order valence-electron chi connectivity index (χ1n) is 10.3. The van der Waals surface area contributed by atoms with Gasteiger partial charge in [0.25, 0.3) is 0 Å². The fourth-order valence-electron chi connectivity index (χ4n) is 3.24. The van der Waals surface area contributed by atoms with Gasteiger partial charge in [-0.1, -0.05) is 0 Å². The van der Waals surface area contributed by atoms with Crippen molar-refractivity contribution in [2.75, 3.05) is 25.2 Å². The maximum absolute atomic E-state index is 12.8. The van der Waals surface area contributed by atoms with E-state index in [1.165, 1.54) is 24.3 Å². The van der Waals surface area contributed by atoms with Crippen LogP contribution >= 0.6 is 11.8 Å². The number of hydrogen-bond donors (Lipinski definition) is 7. The van der Waals surface area contributed by atoms with Crippen LogP contribution in [0.25, 0.3) is 0 Å². The maximum atomic E-state index is 12.8. The fourth-order valence-corrected chi connectivity index (χ4v) is 3.71. The topological polar surface area (TPSA) is 186 Å². The molecule has 4 unspecified atom stereocenters. The predicted molar refractivity (Wildman–Crippen MR) is 117 cm³/mol. The van der Waals surface area contributed by atoms with Crippen molar-refractivity contribution < 1.29 is 29.4 Å². The summed E-state index contributed by atoms with van der Waals surface area (Å²) in [4.78, 5) is 56.1. The van der Waals surface area contributed by atoms with Crippen molar-refractivity contribution in [2.24, 2.45) is 0 Å². The summed E-state index contributed by atoms with van der Waals surface area (Å²) in [5.74, 6) is -2.50. The van der Waals surface area contributed by atoms with E-state index in [9.17, 15) is 29.4 Å². The zero-order valence-corrected chi connectivity index (χ0v) is 18.6. The van der Waals surface area contributed by atoms with Crippen molar-refractivity contribution in [3.63, 3.8) is 0 Å². The van der Waals surface area contributed by atoms with Gasteiger partial charge in [-0.3, -0.25) is 14.4 Å². The van der Waals surface area contributed by atoms with E-state index in [0.717, 1.165) is 6.42 Å². The second-order valence-electron chi connectivity index (χ2n) is 7.42. The molecule has 3 amide bonds. The molecule has 0 spiro atoms. The van der Waals surface area contributed by atoms with Gasteiger partial charge >= 0.3 is 5.97 Å². The van der Waals surface area contributed by atoms with Gasteiger partial charge in [-0.15, -0.1) is 0 Å². The number of carbonyl (C=O) groups is 4. The number of aliphatic hydroxyl groups excluding tert-OH is 1. The van der Waals surface area contributed by atoms with Gasteiger partial charge in [-0.05, 0) is 37.8 Å². The third kappa shape index (κ3) is 7.80. The highest BCUT2D eigenvalue weighted by Crippen LogP contribution is 2.06. The quantitative estimate of drug-likeness (QED) is 0.171. The maximum Gasteiger partial charge on any atom is 0.326 e. The Morgan fingerprint density at radius 2 is 1.91 bits per heavy atom. The molecule has 0 aromatic carbocycles. The van der Waals surface area contributed by atoms with Crippen LogP contribution in [-0.4, -0.2) is 93.2 Å². The van der Waals surface area contributed by atoms with Crippen LogP contribution in [0, 0.1) is 0 Å². The van der Waals surface area contributed by atoms with Crippen LogP contribution in [0.2, 0.25) is 0 Å². The molecule has 1 aromatic heterocycles. The molecule has 0 saturated carbocycles. The molecular weight excluding hydrogens is 440 g/mol. The normalized spacial score (nSPS) is 18.4. The molecular formula is C19H30N6O6S. The highest BCUT2D eigenvalue weighted by Gasteiger charge is 2.31. The monoisotopic (exact) mass is 470 g/mol. The third-order valence-corrected chi connectivity index (χ3v) is 5.67. The Kier molecular flexibility index (Phi) is 10.4. The van der Waals surface area contributed by atoms with Gasteiger partial charge < -0.3 is 36.5 Å². The molecule has 1 aromatic rings. The van der Waals surface area contributed by atoms with E-state index in [1.54, 1.807) is 0 Å². The van der Waals surface area contributed by atoms with Crippen LogP contribution in [0.1, 0.15) is 25.0 Å². The summed E-state index contributed by atoms with van der Waals surface area (Å²) in [5.41, 5.74) is 0.543. The largest absolute Gasteiger partial charge is 0.480 e. The van der Waals surface area contributed by atoms with Crippen LogP contribution in [-0.2, 0) is 25.6 Å². The lowest BCUT2D eigenvalue weighted by molar-refractivity contribution is -0.142. The number of aliphatic carboxylic acids is 1. The minimum atomic E-state index is -1.26. The minimum absolute atomic E-state index is 0.0166. The Bertz CT molecular complexity index is 770. The first-order chi connectivity index (χ1) is 15.3. The van der Waals surface area contributed by atoms with Gasteiger partial charge in [-0.25, -0.2) is 9.78 Å². The summed E-state index contributed by atoms with van der Waals surface area (Å²) in [6, 6.07) is -3.95. The molecule has 0 radical (unpaired) electrons. The van der Waals surface area contributed by atoms with Crippen molar-refractivity contribution in [3.05, 3.63) is 18.2 Å². The SMILES string of the molecule is CSCCC(NC(=O)C(Cc1cnc[nH]1)NC(=O)C(CO)NC(=O)C1CCCN1)C(=O)O. The lowest BCUT2D eigenvalue weighted by Gasteiger charge is -2.24. The average molecular weight is 471 g/mol. The molecule has 1 aliphatic rings. The number of thioether (sulfide) groups is 1. The zero-order valence-electron chi connectivity index (χ0n) is 17.8. The molecule has 1 aliphatic heterocycles. The van der Waals surface area contributed by atoms with Crippen molar-refractivity contribution in [3.8, 4) is 0 Å². The van der Waals surface area contributed by atoms with Gasteiger partial charge in [0.2, 0.25) is 17.7 Å². The number of aromatic amines is 1. The smallest absolute Gasteiger partial charge is 0.326 e. The summed E-state index contributed by atoms with van der Waals surface area (Å²) in [7, 11) is 0. The molecule has 2 heterocycles. The summed E-state index contributed by atoms with van der Waals surface area (Å²) in [6.45, 7) is 0.0376. The molecule has 2 rings (SSSR count). The second kappa shape index (κ2) is 13.0. The van der Waals surface area contributed by atoms with Gasteiger partial charge in [0.05, 0.1) is 19.0 Å². The van der Waals surface area contributed by atoms with Crippen molar-refractivity contribution in [1.29, 1.82) is 0 Å². The number of amides is 3. The number of carboxylic acids is 1. The highest BCUT2D eigenvalue weighted by molar-refractivity contribution is 7.98. The summed E-state index contributed by atoms with van der Waals surface area (Å²) < 4.78 is 0. The molecule has 178 valence electrons. The van der Waals surface area contributed by atoms with E-state index in [1.807, 2.05) is 6.26 Å². The first kappa shape index (κ1) is 25.6. The third-order valence-electron chi connectivity index (χ3n) is 5.03. The highest BCUT2D eigenvalue weighted by atomic mass is 32.2. The molecule has 7 N–H and O–H groups in total. The Morgan fingerprint density at radius 3 is 2.47 bits per heavy atom. The number of carboxylic acid groups (broad SMARTS) is 1. The zero-order chi connectivity index (χ0) is 23.5. The number of H-pyrrole nitrogens is 1. The summed E-state index contributed by atoms with van der Waals surface area (Å²) >= 11 is 1.45. The molecule has 0 bridgehead atoms. The summed E-state index contributed by atoms with van der Waals surface area (Å²) in [6.07, 6.45) is 6.42. The van der Waals surface area contributed by atoms with E-state index in [-0.39, 0.29) is 12.8 Å². The number of nitrogens with zero attached hydrogens (tertiary/aromatic N) is 1. The predicted octanol–water partition coefficient (Wildman–Crippen LogP) is -2.01. The lowest BCUT2D eigenvalue weighted by Crippen LogP contribution is -2.58. The van der Waals surface area contributed by atoms with E-state index >= 15 is 0 Å². The molecule has 12 nitrogen and oxygen atoms in total. The number of rotatable bonds is 13. The molecule has 32 heavy (non-hydrogen) atoms. The number of aliphatic hydroxyl groups is 1. The average Bonchev–Trinajstić information content (AvgIpc) is 3.48. The molecule has 13 heteroatoms. The summed E-state index contributed by atoms with van der Waals surface area (Å²) in [5, 5.41) is 29.5.